The van der Waals surface area contributed by atoms with Crippen molar-refractivity contribution >= 4 is 14.0 Å². The van der Waals surface area contributed by atoms with Gasteiger partial charge in [0.1, 0.15) is 0 Å². The maximum absolute atomic E-state index is 4.25. The Labute approximate surface area is 153 Å². The molecule has 114 valence electrons. The Bertz CT molecular complexity index is 797. The summed E-state index contributed by atoms with van der Waals surface area (Å²) in [4.78, 5) is 3.47. The monoisotopic (exact) mass is 367 g/mol. The van der Waals surface area contributed by atoms with Crippen LogP contribution >= 0.6 is 0 Å². The van der Waals surface area contributed by atoms with Gasteiger partial charge in [-0.3, -0.25) is 0 Å². The van der Waals surface area contributed by atoms with E-state index in [4.69, 9.17) is 0 Å². The van der Waals surface area contributed by atoms with Gasteiger partial charge in [-0.25, -0.2) is 0 Å². The van der Waals surface area contributed by atoms with E-state index < -0.39 is 0 Å². The van der Waals surface area contributed by atoms with Crippen molar-refractivity contribution < 1.29 is 44.0 Å². The number of aromatic amines is 1. The van der Waals surface area contributed by atoms with E-state index in [-0.39, 0.29) is 49.4 Å². The summed E-state index contributed by atoms with van der Waals surface area (Å²) in [5.74, 6) is 0. The quantitative estimate of drug-likeness (QED) is 0.524. The third-order valence-corrected chi connectivity index (χ3v) is 6.03. The summed E-state index contributed by atoms with van der Waals surface area (Å²) < 4.78 is 2.90. The van der Waals surface area contributed by atoms with E-state index in [0.717, 1.165) is 0 Å². The first-order chi connectivity index (χ1) is 9.47. The van der Waals surface area contributed by atoms with Gasteiger partial charge >= 0.3 is 129 Å². The maximum atomic E-state index is 4.25. The zero-order valence-corrected chi connectivity index (χ0v) is 16.1. The minimum Gasteiger partial charge on any atom is -1.00 e. The predicted octanol–water partition coefficient (Wildman–Crippen LogP) is -3.81. The summed E-state index contributed by atoms with van der Waals surface area (Å²) in [6.07, 6.45) is 4.29. The van der Waals surface area contributed by atoms with Crippen molar-refractivity contribution in [1.29, 1.82) is 0 Å². The van der Waals surface area contributed by atoms with Crippen molar-refractivity contribution in [2.75, 3.05) is 0 Å². The second-order valence-corrected chi connectivity index (χ2v) is 8.23. The van der Waals surface area contributed by atoms with Crippen LogP contribution in [0, 0.1) is 0 Å². The minimum absolute atomic E-state index is 0. The molecule has 0 unspecified atom stereocenters. The third-order valence-electron chi connectivity index (χ3n) is 3.69. The van der Waals surface area contributed by atoms with Gasteiger partial charge in [0, 0.05) is 0 Å². The fourth-order valence-corrected chi connectivity index (χ4v) is 5.14. The van der Waals surface area contributed by atoms with Gasteiger partial charge in [-0.15, -0.1) is 0 Å². The molecule has 1 N–H and O–H groups in total. The molecule has 1 aliphatic rings. The Morgan fingerprint density at radius 3 is 2.41 bits per heavy atom. The van der Waals surface area contributed by atoms with Crippen LogP contribution < -0.4 is 39.3 Å². The molecular weight excluding hydrogens is 349 g/mol. The molecule has 22 heavy (non-hydrogen) atoms. The number of hydrogen-bond acceptors (Lipinski definition) is 0. The number of allylic oxidation sites excluding steroid dienone is 1. The van der Waals surface area contributed by atoms with Gasteiger partial charge in [-0.1, -0.05) is 0 Å². The van der Waals surface area contributed by atoms with Gasteiger partial charge in [-0.05, 0) is 0 Å². The Morgan fingerprint density at radius 1 is 1.05 bits per heavy atom. The van der Waals surface area contributed by atoms with Gasteiger partial charge in [0.2, 0.25) is 0 Å². The smallest absolute Gasteiger partial charge is 1.00 e. The molecule has 2 aromatic rings. The Kier molecular flexibility index (Phi) is 6.35. The summed E-state index contributed by atoms with van der Waals surface area (Å²) in [5, 5.41) is 2.70. The van der Waals surface area contributed by atoms with Crippen LogP contribution in [-0.4, -0.2) is 4.98 Å². The maximum Gasteiger partial charge on any atom is -1.00 e. The molecular formula is C18H19Cl2NTi. The standard InChI is InChI=1S/C10H7.C8H12N.2ClH.Ti/c1-8-6-9-4-2-3-5-10(9)7-8;1-8(2,3)7-4-5-9-6-7;;;/h2-6H,1H2;4-5,9H,1-3H3;2*1H;/q;;;;+2/p-2. The molecule has 0 radical (unpaired) electrons. The average molecular weight is 368 g/mol. The third kappa shape index (κ3) is 3.60. The van der Waals surface area contributed by atoms with Crippen molar-refractivity contribution in [3.63, 3.8) is 0 Å². The van der Waals surface area contributed by atoms with Crippen LogP contribution in [0.1, 0.15) is 26.3 Å². The minimum atomic E-state index is -0.382. The summed E-state index contributed by atoms with van der Waals surface area (Å²) in [5.41, 5.74) is 2.84. The Hall–Kier alpha value is -0.726. The average Bonchev–Trinajstić information content (AvgIpc) is 2.95. The van der Waals surface area contributed by atoms with Crippen molar-refractivity contribution in [3.05, 3.63) is 64.7 Å². The van der Waals surface area contributed by atoms with Crippen molar-refractivity contribution in [2.45, 2.75) is 26.2 Å². The molecule has 0 saturated heterocycles. The van der Waals surface area contributed by atoms with Crippen LogP contribution in [0.15, 0.2) is 48.7 Å². The van der Waals surface area contributed by atoms with E-state index >= 15 is 0 Å². The summed E-state index contributed by atoms with van der Waals surface area (Å²) >= 11 is -0.382. The number of H-pyrrole nitrogens is 1. The van der Waals surface area contributed by atoms with Gasteiger partial charge in [-0.2, -0.15) is 0 Å². The number of rotatable bonds is 2. The molecule has 0 fully saturated rings. The van der Waals surface area contributed by atoms with Crippen LogP contribution in [0.2, 0.25) is 0 Å². The first kappa shape index (κ1) is 19.3. The predicted molar refractivity (Wildman–Crippen MR) is 81.8 cm³/mol. The SMILES string of the molecule is C=C1C=c2ccccc2=[C]1[Ti+2][c]1[nH]ccc1C(C)(C)C.[Cl-].[Cl-]. The molecule has 1 aliphatic carbocycles. The molecule has 0 aliphatic heterocycles. The summed E-state index contributed by atoms with van der Waals surface area (Å²) in [7, 11) is 0. The fraction of sp³-hybridized carbons (Fsp3) is 0.222. The molecule has 0 atom stereocenters. The van der Waals surface area contributed by atoms with Gasteiger partial charge < -0.3 is 24.8 Å². The number of benzene rings is 1. The molecule has 4 heteroatoms. The van der Waals surface area contributed by atoms with Crippen LogP contribution in [0.4, 0.5) is 0 Å². The van der Waals surface area contributed by atoms with Crippen LogP contribution in [0.5, 0.6) is 0 Å². The molecule has 0 saturated carbocycles. The summed E-state index contributed by atoms with van der Waals surface area (Å²) in [6, 6.07) is 10.9. The Balaban J connectivity index is 0.00000121. The Morgan fingerprint density at radius 2 is 1.73 bits per heavy atom. The topological polar surface area (TPSA) is 15.8 Å². The number of hydrogen-bond donors (Lipinski definition) is 1. The molecule has 0 amide bonds. The van der Waals surface area contributed by atoms with Crippen molar-refractivity contribution in [2.24, 2.45) is 0 Å². The molecule has 0 bridgehead atoms. The van der Waals surface area contributed by atoms with E-state index in [9.17, 15) is 0 Å². The normalized spacial score (nSPS) is 12.7. The van der Waals surface area contributed by atoms with E-state index in [0.29, 0.717) is 0 Å². The molecule has 3 rings (SSSR count). The fourth-order valence-electron chi connectivity index (χ4n) is 2.65. The van der Waals surface area contributed by atoms with Crippen LogP contribution in [0.25, 0.3) is 9.95 Å². The molecule has 1 nitrogen and oxygen atoms in total. The molecule has 1 aromatic heterocycles. The molecule has 1 aromatic carbocycles. The first-order valence-electron chi connectivity index (χ1n) is 6.92. The van der Waals surface area contributed by atoms with E-state index in [1.54, 1.807) is 0 Å². The van der Waals surface area contributed by atoms with Crippen LogP contribution in [0.3, 0.4) is 0 Å². The largest absolute Gasteiger partial charge is 1.00 e. The summed E-state index contributed by atoms with van der Waals surface area (Å²) in [6.45, 7) is 11.1. The van der Waals surface area contributed by atoms with Gasteiger partial charge in [0.15, 0.2) is 0 Å². The number of halogens is 2. The molecule has 1 heterocycles. The number of aromatic nitrogens is 1. The van der Waals surface area contributed by atoms with E-state index in [1.165, 1.54) is 29.5 Å². The zero-order valence-electron chi connectivity index (χ0n) is 13.0. The number of fused-ring (bicyclic) bond motifs is 1. The van der Waals surface area contributed by atoms with Gasteiger partial charge in [0.05, 0.1) is 0 Å². The van der Waals surface area contributed by atoms with Crippen molar-refractivity contribution in [3.8, 4) is 0 Å². The number of nitrogens with one attached hydrogen (secondary N) is 1. The van der Waals surface area contributed by atoms with Gasteiger partial charge in [0.25, 0.3) is 0 Å². The van der Waals surface area contributed by atoms with Crippen molar-refractivity contribution in [1.82, 2.24) is 4.98 Å². The zero-order chi connectivity index (χ0) is 14.3. The second-order valence-electron chi connectivity index (χ2n) is 6.27. The van der Waals surface area contributed by atoms with Crippen LogP contribution in [-0.2, 0) is 24.6 Å². The second kappa shape index (κ2) is 7.23. The molecule has 0 spiro atoms. The first-order valence-corrected chi connectivity index (χ1v) is 8.48. The van der Waals surface area contributed by atoms with E-state index in [2.05, 4.69) is 74.9 Å². The van der Waals surface area contributed by atoms with E-state index in [1.807, 2.05) is 0 Å².